The van der Waals surface area contributed by atoms with Gasteiger partial charge in [0, 0.05) is 23.6 Å². The van der Waals surface area contributed by atoms with Crippen LogP contribution in [0, 0.1) is 17.7 Å². The fourth-order valence-electron chi connectivity index (χ4n) is 1.62. The lowest BCUT2D eigenvalue weighted by Crippen LogP contribution is -2.23. The SMILES string of the molecule is O=C(NCc1nccs1)c1ccc(F)cc1C#CCCO. The number of nitrogens with one attached hydrogen (secondary N) is 1. The quantitative estimate of drug-likeness (QED) is 0.849. The van der Waals surface area contributed by atoms with Crippen molar-refractivity contribution in [3.8, 4) is 11.8 Å². The van der Waals surface area contributed by atoms with E-state index in [1.165, 1.54) is 29.5 Å². The molecule has 0 saturated heterocycles. The third-order valence-electron chi connectivity index (χ3n) is 2.57. The molecule has 0 aliphatic heterocycles. The van der Waals surface area contributed by atoms with Gasteiger partial charge in [0.05, 0.1) is 18.7 Å². The second-order valence-corrected chi connectivity index (χ2v) is 5.05. The number of halogens is 1. The van der Waals surface area contributed by atoms with Gasteiger partial charge in [-0.15, -0.1) is 11.3 Å². The van der Waals surface area contributed by atoms with Crippen LogP contribution in [0.3, 0.4) is 0 Å². The minimum atomic E-state index is -0.459. The van der Waals surface area contributed by atoms with Crippen molar-refractivity contribution in [3.05, 3.63) is 51.7 Å². The molecule has 0 fully saturated rings. The summed E-state index contributed by atoms with van der Waals surface area (Å²) in [7, 11) is 0. The summed E-state index contributed by atoms with van der Waals surface area (Å²) >= 11 is 1.44. The maximum atomic E-state index is 13.3. The molecular formula is C15H13FN2O2S. The first-order valence-corrected chi connectivity index (χ1v) is 7.14. The molecule has 21 heavy (non-hydrogen) atoms. The molecule has 108 valence electrons. The minimum Gasteiger partial charge on any atom is -0.395 e. The van der Waals surface area contributed by atoms with E-state index in [2.05, 4.69) is 22.1 Å². The summed E-state index contributed by atoms with van der Waals surface area (Å²) in [6.07, 6.45) is 1.94. The Kier molecular flexibility index (Phi) is 5.43. The zero-order valence-electron chi connectivity index (χ0n) is 11.1. The maximum absolute atomic E-state index is 13.3. The first-order valence-electron chi connectivity index (χ1n) is 6.26. The Morgan fingerprint density at radius 2 is 2.33 bits per heavy atom. The fraction of sp³-hybridized carbons (Fsp3) is 0.200. The van der Waals surface area contributed by atoms with Gasteiger partial charge in [-0.2, -0.15) is 0 Å². The number of rotatable bonds is 4. The molecule has 2 N–H and O–H groups in total. The van der Waals surface area contributed by atoms with Gasteiger partial charge < -0.3 is 10.4 Å². The Morgan fingerprint density at radius 3 is 3.05 bits per heavy atom. The molecule has 0 bridgehead atoms. The Labute approximate surface area is 125 Å². The number of hydrogen-bond donors (Lipinski definition) is 2. The van der Waals surface area contributed by atoms with Crippen molar-refractivity contribution in [2.75, 3.05) is 6.61 Å². The normalized spacial score (nSPS) is 9.81. The topological polar surface area (TPSA) is 62.2 Å². The van der Waals surface area contributed by atoms with Crippen LogP contribution in [0.1, 0.15) is 27.3 Å². The highest BCUT2D eigenvalue weighted by Gasteiger charge is 2.11. The smallest absolute Gasteiger partial charge is 0.252 e. The van der Waals surface area contributed by atoms with Crippen LogP contribution in [0.4, 0.5) is 4.39 Å². The van der Waals surface area contributed by atoms with Gasteiger partial charge in [-0.3, -0.25) is 4.79 Å². The molecule has 0 spiro atoms. The molecule has 1 aromatic heterocycles. The molecular weight excluding hydrogens is 291 g/mol. The number of thiazole rings is 1. The van der Waals surface area contributed by atoms with Gasteiger partial charge in [0.25, 0.3) is 5.91 Å². The molecule has 1 amide bonds. The van der Waals surface area contributed by atoms with Crippen molar-refractivity contribution in [2.24, 2.45) is 0 Å². The van der Waals surface area contributed by atoms with E-state index in [1.807, 2.05) is 5.38 Å². The monoisotopic (exact) mass is 304 g/mol. The van der Waals surface area contributed by atoms with Gasteiger partial charge >= 0.3 is 0 Å². The summed E-state index contributed by atoms with van der Waals surface area (Å²) in [5, 5.41) is 14.0. The van der Waals surface area contributed by atoms with Crippen molar-refractivity contribution in [1.82, 2.24) is 10.3 Å². The molecule has 0 unspecified atom stereocenters. The van der Waals surface area contributed by atoms with E-state index >= 15 is 0 Å². The highest BCUT2D eigenvalue weighted by molar-refractivity contribution is 7.09. The van der Waals surface area contributed by atoms with Gasteiger partial charge in [-0.05, 0) is 18.2 Å². The predicted molar refractivity (Wildman–Crippen MR) is 78.3 cm³/mol. The number of carbonyl (C=O) groups excluding carboxylic acids is 1. The second-order valence-electron chi connectivity index (χ2n) is 4.07. The molecule has 0 aliphatic carbocycles. The largest absolute Gasteiger partial charge is 0.395 e. The number of aliphatic hydroxyl groups excluding tert-OH is 1. The molecule has 1 aromatic carbocycles. The van der Waals surface area contributed by atoms with Gasteiger partial charge in [0.15, 0.2) is 0 Å². The number of aromatic nitrogens is 1. The number of hydrogen-bond acceptors (Lipinski definition) is 4. The van der Waals surface area contributed by atoms with Crippen LogP contribution in [0.5, 0.6) is 0 Å². The van der Waals surface area contributed by atoms with Crippen LogP contribution in [0.25, 0.3) is 0 Å². The van der Waals surface area contributed by atoms with Gasteiger partial charge in [-0.1, -0.05) is 11.8 Å². The Bertz CT molecular complexity index is 675. The van der Waals surface area contributed by atoms with Gasteiger partial charge in [0.1, 0.15) is 10.8 Å². The molecule has 2 aromatic rings. The molecule has 6 heteroatoms. The standard InChI is InChI=1S/C15H13FN2O2S/c16-12-4-5-13(11(9-12)3-1-2-7-19)15(20)18-10-14-17-6-8-21-14/h4-6,8-9,19H,2,7,10H2,(H,18,20). The summed E-state index contributed by atoms with van der Waals surface area (Å²) in [4.78, 5) is 16.2. The summed E-state index contributed by atoms with van der Waals surface area (Å²) in [6.45, 7) is 0.241. The van der Waals surface area contributed by atoms with Crippen molar-refractivity contribution in [1.29, 1.82) is 0 Å². The van der Waals surface area contributed by atoms with E-state index in [1.54, 1.807) is 6.20 Å². The zero-order valence-corrected chi connectivity index (χ0v) is 11.9. The van der Waals surface area contributed by atoms with Crippen molar-refractivity contribution in [3.63, 3.8) is 0 Å². The lowest BCUT2D eigenvalue weighted by Gasteiger charge is -2.06. The first kappa shape index (κ1) is 15.2. The van der Waals surface area contributed by atoms with Crippen LogP contribution < -0.4 is 5.32 Å². The van der Waals surface area contributed by atoms with Crippen molar-refractivity contribution >= 4 is 17.2 Å². The van der Waals surface area contributed by atoms with E-state index in [9.17, 15) is 9.18 Å². The molecule has 0 atom stereocenters. The van der Waals surface area contributed by atoms with Gasteiger partial charge in [-0.25, -0.2) is 9.37 Å². The maximum Gasteiger partial charge on any atom is 0.252 e. The summed E-state index contributed by atoms with van der Waals surface area (Å²) in [5.74, 6) is 4.60. The van der Waals surface area contributed by atoms with Crippen LogP contribution >= 0.6 is 11.3 Å². The Hall–Kier alpha value is -2.23. The van der Waals surface area contributed by atoms with E-state index < -0.39 is 5.82 Å². The second kappa shape index (κ2) is 7.53. The molecule has 4 nitrogen and oxygen atoms in total. The van der Waals surface area contributed by atoms with E-state index in [0.29, 0.717) is 17.7 Å². The number of benzene rings is 1. The van der Waals surface area contributed by atoms with Crippen LogP contribution in [0.15, 0.2) is 29.8 Å². The van der Waals surface area contributed by atoms with Crippen LogP contribution in [0.2, 0.25) is 0 Å². The minimum absolute atomic E-state index is 0.0755. The fourth-order valence-corrected chi connectivity index (χ4v) is 2.18. The highest BCUT2D eigenvalue weighted by atomic mass is 32.1. The van der Waals surface area contributed by atoms with Crippen molar-refractivity contribution < 1.29 is 14.3 Å². The number of carbonyl (C=O) groups is 1. The lowest BCUT2D eigenvalue weighted by atomic mass is 10.1. The summed E-state index contributed by atoms with van der Waals surface area (Å²) in [5.41, 5.74) is 0.610. The zero-order chi connectivity index (χ0) is 15.1. The molecule has 0 aliphatic rings. The van der Waals surface area contributed by atoms with E-state index in [-0.39, 0.29) is 18.9 Å². The third kappa shape index (κ3) is 4.38. The van der Waals surface area contributed by atoms with Gasteiger partial charge in [0.2, 0.25) is 0 Å². The third-order valence-corrected chi connectivity index (χ3v) is 3.35. The number of nitrogens with zero attached hydrogens (tertiary/aromatic N) is 1. The average Bonchev–Trinajstić information content (AvgIpc) is 2.98. The lowest BCUT2D eigenvalue weighted by molar-refractivity contribution is 0.0950. The average molecular weight is 304 g/mol. The number of amides is 1. The molecule has 2 rings (SSSR count). The Balaban J connectivity index is 2.14. The molecule has 0 radical (unpaired) electrons. The predicted octanol–water partition coefficient (Wildman–Crippen LogP) is 1.95. The van der Waals surface area contributed by atoms with Crippen molar-refractivity contribution in [2.45, 2.75) is 13.0 Å². The highest BCUT2D eigenvalue weighted by Crippen LogP contribution is 2.11. The summed E-state index contributed by atoms with van der Waals surface area (Å²) < 4.78 is 13.3. The van der Waals surface area contributed by atoms with E-state index in [0.717, 1.165) is 5.01 Å². The van der Waals surface area contributed by atoms with Crippen LogP contribution in [-0.4, -0.2) is 22.6 Å². The molecule has 1 heterocycles. The molecule has 0 saturated carbocycles. The van der Waals surface area contributed by atoms with E-state index in [4.69, 9.17) is 5.11 Å². The first-order chi connectivity index (χ1) is 10.2. The van der Waals surface area contributed by atoms with Crippen LogP contribution in [-0.2, 0) is 6.54 Å². The summed E-state index contributed by atoms with van der Waals surface area (Å²) in [6, 6.07) is 3.83. The number of aliphatic hydroxyl groups is 1. The Morgan fingerprint density at radius 1 is 1.48 bits per heavy atom.